The maximum Gasteiger partial charge on any atom is 0.290 e. The lowest BCUT2D eigenvalue weighted by molar-refractivity contribution is -0.151. The molecule has 3 amide bonds. The Hall–Kier alpha value is -1.92. The normalized spacial score (nSPS) is 19.1. The molecular formula is C11H17N3O4. The predicted octanol–water partition coefficient (Wildman–Crippen LogP) is -1.57. The molecule has 7 heteroatoms. The molecule has 1 unspecified atom stereocenters. The van der Waals surface area contributed by atoms with E-state index in [1.165, 1.54) is 11.9 Å². The van der Waals surface area contributed by atoms with Crippen LogP contribution in [0.1, 0.15) is 19.8 Å². The van der Waals surface area contributed by atoms with Crippen molar-refractivity contribution in [1.82, 2.24) is 15.5 Å². The minimum Gasteiger partial charge on any atom is -0.359 e. The number of Topliss-reactive ketones (excluding diaryl/α,β-unsaturated/α-hetero) is 1. The van der Waals surface area contributed by atoms with E-state index in [-0.39, 0.29) is 25.3 Å². The van der Waals surface area contributed by atoms with Crippen LogP contribution < -0.4 is 10.6 Å². The maximum atomic E-state index is 11.8. The number of nitrogens with one attached hydrogen (secondary N) is 2. The highest BCUT2D eigenvalue weighted by molar-refractivity contribution is 6.36. The molecule has 1 rings (SSSR count). The largest absolute Gasteiger partial charge is 0.359 e. The Morgan fingerprint density at radius 1 is 1.44 bits per heavy atom. The molecule has 1 aliphatic rings. The Bertz CT molecular complexity index is 380. The maximum absolute atomic E-state index is 11.8. The summed E-state index contributed by atoms with van der Waals surface area (Å²) < 4.78 is 0. The SMILES string of the molecule is CCC(=O)C(=O)N1CCNC(=O)C1CC(=O)NC. The van der Waals surface area contributed by atoms with Crippen molar-refractivity contribution < 1.29 is 19.2 Å². The van der Waals surface area contributed by atoms with Crippen molar-refractivity contribution in [2.75, 3.05) is 20.1 Å². The molecule has 0 aromatic carbocycles. The Kier molecular flexibility index (Phi) is 4.82. The predicted molar refractivity (Wildman–Crippen MR) is 62.5 cm³/mol. The molecule has 1 aliphatic heterocycles. The monoisotopic (exact) mass is 255 g/mol. The quantitative estimate of drug-likeness (QED) is 0.593. The van der Waals surface area contributed by atoms with E-state index in [9.17, 15) is 19.2 Å². The fourth-order valence-corrected chi connectivity index (χ4v) is 1.75. The Morgan fingerprint density at radius 3 is 2.67 bits per heavy atom. The summed E-state index contributed by atoms with van der Waals surface area (Å²) in [5.74, 6) is -1.99. The smallest absolute Gasteiger partial charge is 0.290 e. The lowest BCUT2D eigenvalue weighted by Crippen LogP contribution is -2.59. The van der Waals surface area contributed by atoms with Crippen molar-refractivity contribution in [2.24, 2.45) is 0 Å². The third-order valence-corrected chi connectivity index (χ3v) is 2.81. The first kappa shape index (κ1) is 14.1. The molecule has 18 heavy (non-hydrogen) atoms. The van der Waals surface area contributed by atoms with Crippen LogP contribution >= 0.6 is 0 Å². The molecule has 0 saturated carbocycles. The lowest BCUT2D eigenvalue weighted by atomic mass is 10.1. The van der Waals surface area contributed by atoms with E-state index >= 15 is 0 Å². The summed E-state index contributed by atoms with van der Waals surface area (Å²) >= 11 is 0. The summed E-state index contributed by atoms with van der Waals surface area (Å²) in [6.45, 7) is 2.13. The van der Waals surface area contributed by atoms with Crippen molar-refractivity contribution in [1.29, 1.82) is 0 Å². The number of hydrogen-bond acceptors (Lipinski definition) is 4. The second kappa shape index (κ2) is 6.13. The lowest BCUT2D eigenvalue weighted by Gasteiger charge is -2.34. The number of ketones is 1. The highest BCUT2D eigenvalue weighted by Gasteiger charge is 2.36. The second-order valence-electron chi connectivity index (χ2n) is 3.96. The third kappa shape index (κ3) is 3.06. The van der Waals surface area contributed by atoms with Gasteiger partial charge in [0.15, 0.2) is 0 Å². The molecule has 7 nitrogen and oxygen atoms in total. The number of nitrogens with zero attached hydrogens (tertiary/aromatic N) is 1. The highest BCUT2D eigenvalue weighted by atomic mass is 16.2. The highest BCUT2D eigenvalue weighted by Crippen LogP contribution is 2.10. The summed E-state index contributed by atoms with van der Waals surface area (Å²) in [4.78, 5) is 47.4. The van der Waals surface area contributed by atoms with Gasteiger partial charge < -0.3 is 15.5 Å². The number of hydrogen-bond donors (Lipinski definition) is 2. The van der Waals surface area contributed by atoms with Crippen molar-refractivity contribution >= 4 is 23.5 Å². The molecule has 0 aromatic rings. The van der Waals surface area contributed by atoms with Gasteiger partial charge in [-0.05, 0) is 0 Å². The van der Waals surface area contributed by atoms with Crippen LogP contribution in [0.15, 0.2) is 0 Å². The van der Waals surface area contributed by atoms with Gasteiger partial charge in [-0.3, -0.25) is 19.2 Å². The van der Waals surface area contributed by atoms with E-state index in [1.807, 2.05) is 0 Å². The van der Waals surface area contributed by atoms with Crippen LogP contribution in [0, 0.1) is 0 Å². The molecule has 100 valence electrons. The van der Waals surface area contributed by atoms with Crippen LogP contribution in [0.25, 0.3) is 0 Å². The van der Waals surface area contributed by atoms with Crippen molar-refractivity contribution in [3.05, 3.63) is 0 Å². The van der Waals surface area contributed by atoms with Crippen LogP contribution in [0.5, 0.6) is 0 Å². The van der Waals surface area contributed by atoms with Crippen LogP contribution in [0.4, 0.5) is 0 Å². The van der Waals surface area contributed by atoms with E-state index < -0.39 is 23.6 Å². The summed E-state index contributed by atoms with van der Waals surface area (Å²) in [5.41, 5.74) is 0. The average Bonchev–Trinajstić information content (AvgIpc) is 2.39. The van der Waals surface area contributed by atoms with Gasteiger partial charge in [-0.1, -0.05) is 6.92 Å². The molecular weight excluding hydrogens is 238 g/mol. The number of amides is 3. The van der Waals surface area contributed by atoms with E-state index in [2.05, 4.69) is 10.6 Å². The molecule has 1 heterocycles. The number of carbonyl (C=O) groups excluding carboxylic acids is 4. The number of rotatable bonds is 4. The van der Waals surface area contributed by atoms with Gasteiger partial charge in [-0.15, -0.1) is 0 Å². The van der Waals surface area contributed by atoms with Gasteiger partial charge in [0, 0.05) is 26.6 Å². The van der Waals surface area contributed by atoms with E-state index in [0.29, 0.717) is 6.54 Å². The zero-order chi connectivity index (χ0) is 13.7. The fraction of sp³-hybridized carbons (Fsp3) is 0.636. The van der Waals surface area contributed by atoms with Gasteiger partial charge in [0.2, 0.25) is 17.6 Å². The Balaban J connectivity index is 2.84. The van der Waals surface area contributed by atoms with Crippen LogP contribution in [-0.2, 0) is 19.2 Å². The second-order valence-corrected chi connectivity index (χ2v) is 3.96. The third-order valence-electron chi connectivity index (χ3n) is 2.81. The van der Waals surface area contributed by atoms with Gasteiger partial charge in [0.05, 0.1) is 6.42 Å². The van der Waals surface area contributed by atoms with Crippen LogP contribution in [0.2, 0.25) is 0 Å². The molecule has 0 aliphatic carbocycles. The first-order valence-corrected chi connectivity index (χ1v) is 5.83. The average molecular weight is 255 g/mol. The van der Waals surface area contributed by atoms with Crippen molar-refractivity contribution in [3.63, 3.8) is 0 Å². The first-order valence-electron chi connectivity index (χ1n) is 5.83. The zero-order valence-electron chi connectivity index (χ0n) is 10.5. The molecule has 0 aromatic heterocycles. The van der Waals surface area contributed by atoms with Gasteiger partial charge in [-0.25, -0.2) is 0 Å². The van der Waals surface area contributed by atoms with Gasteiger partial charge >= 0.3 is 0 Å². The summed E-state index contributed by atoms with van der Waals surface area (Å²) in [7, 11) is 1.45. The molecule has 2 N–H and O–H groups in total. The summed E-state index contributed by atoms with van der Waals surface area (Å²) in [6.07, 6.45) is -0.0469. The molecule has 1 fully saturated rings. The van der Waals surface area contributed by atoms with E-state index in [0.717, 1.165) is 0 Å². The standard InChI is InChI=1S/C11H17N3O4/c1-3-8(15)11(18)14-5-4-13-10(17)7(14)6-9(16)12-2/h7H,3-6H2,1-2H3,(H,12,16)(H,13,17). The molecule has 1 saturated heterocycles. The van der Waals surface area contributed by atoms with Gasteiger partial charge in [0.1, 0.15) is 6.04 Å². The topological polar surface area (TPSA) is 95.6 Å². The van der Waals surface area contributed by atoms with Crippen molar-refractivity contribution in [2.45, 2.75) is 25.8 Å². The van der Waals surface area contributed by atoms with Crippen LogP contribution in [-0.4, -0.2) is 54.6 Å². The number of piperazine rings is 1. The first-order chi connectivity index (χ1) is 8.51. The molecule has 0 spiro atoms. The summed E-state index contributed by atoms with van der Waals surface area (Å²) in [5, 5.41) is 4.97. The van der Waals surface area contributed by atoms with E-state index in [4.69, 9.17) is 0 Å². The van der Waals surface area contributed by atoms with Crippen LogP contribution in [0.3, 0.4) is 0 Å². The minimum absolute atomic E-state index is 0.0870. The molecule has 0 radical (unpaired) electrons. The Labute approximate surface area is 105 Å². The molecule has 0 bridgehead atoms. The number of carbonyl (C=O) groups is 4. The fourth-order valence-electron chi connectivity index (χ4n) is 1.75. The van der Waals surface area contributed by atoms with Gasteiger partial charge in [-0.2, -0.15) is 0 Å². The minimum atomic E-state index is -0.901. The van der Waals surface area contributed by atoms with Gasteiger partial charge in [0.25, 0.3) is 5.91 Å². The van der Waals surface area contributed by atoms with Crippen molar-refractivity contribution in [3.8, 4) is 0 Å². The molecule has 1 atom stereocenters. The summed E-state index contributed by atoms with van der Waals surface area (Å²) in [6, 6.07) is -0.901. The van der Waals surface area contributed by atoms with E-state index in [1.54, 1.807) is 6.92 Å². The Morgan fingerprint density at radius 2 is 2.11 bits per heavy atom. The zero-order valence-corrected chi connectivity index (χ0v) is 10.5.